The van der Waals surface area contributed by atoms with Crippen LogP contribution in [0.25, 0.3) is 0 Å². The minimum atomic E-state index is 0. The molecule has 0 saturated heterocycles. The number of benzene rings is 2. The second-order valence-corrected chi connectivity index (χ2v) is 3.10. The lowest BCUT2D eigenvalue weighted by Gasteiger charge is -2.19. The van der Waals surface area contributed by atoms with Gasteiger partial charge in [-0.3, -0.25) is 0 Å². The van der Waals surface area contributed by atoms with Gasteiger partial charge >= 0.3 is 0 Å². The van der Waals surface area contributed by atoms with Crippen molar-refractivity contribution in [2.45, 2.75) is 0 Å². The molecule has 2 nitrogen and oxygen atoms in total. The lowest BCUT2D eigenvalue weighted by Crippen LogP contribution is -1.97. The standard InChI is InChI=1S/C12H8O2.BrH/c1-2-6-10-9(5-1)13-11-7-3-4-8-12(11)14-10;/h1-8H;1H. The van der Waals surface area contributed by atoms with Gasteiger partial charge in [-0.05, 0) is 24.3 Å². The van der Waals surface area contributed by atoms with Gasteiger partial charge in [0.1, 0.15) is 0 Å². The molecule has 1 aliphatic rings. The molecule has 76 valence electrons. The molecule has 0 aliphatic carbocycles. The molecule has 0 fully saturated rings. The first kappa shape index (κ1) is 10.1. The van der Waals surface area contributed by atoms with E-state index in [2.05, 4.69) is 0 Å². The highest BCUT2D eigenvalue weighted by Crippen LogP contribution is 2.44. The van der Waals surface area contributed by atoms with E-state index in [0.717, 1.165) is 23.0 Å². The van der Waals surface area contributed by atoms with Crippen LogP contribution in [0, 0.1) is 0 Å². The second-order valence-electron chi connectivity index (χ2n) is 3.10. The number of para-hydroxylation sites is 4. The van der Waals surface area contributed by atoms with Crippen LogP contribution >= 0.6 is 17.0 Å². The lowest BCUT2D eigenvalue weighted by molar-refractivity contribution is 0.359. The number of ether oxygens (including phenoxy) is 2. The summed E-state index contributed by atoms with van der Waals surface area (Å²) in [6.07, 6.45) is 0. The van der Waals surface area contributed by atoms with Gasteiger partial charge in [0.2, 0.25) is 0 Å². The minimum absolute atomic E-state index is 0. The Morgan fingerprint density at radius 3 is 1.07 bits per heavy atom. The van der Waals surface area contributed by atoms with E-state index in [1.165, 1.54) is 0 Å². The molecule has 3 rings (SSSR count). The van der Waals surface area contributed by atoms with E-state index in [1.54, 1.807) is 0 Å². The zero-order valence-electron chi connectivity index (χ0n) is 7.84. The first-order valence-corrected chi connectivity index (χ1v) is 4.47. The number of hydrogen-bond acceptors (Lipinski definition) is 2. The van der Waals surface area contributed by atoms with E-state index < -0.39 is 0 Å². The Kier molecular flexibility index (Phi) is 2.64. The molecule has 0 saturated carbocycles. The summed E-state index contributed by atoms with van der Waals surface area (Å²) < 4.78 is 11.3. The first-order chi connectivity index (χ1) is 6.93. The van der Waals surface area contributed by atoms with Crippen molar-refractivity contribution in [2.75, 3.05) is 0 Å². The van der Waals surface area contributed by atoms with Gasteiger partial charge in [0.25, 0.3) is 0 Å². The molecule has 3 heteroatoms. The van der Waals surface area contributed by atoms with E-state index in [-0.39, 0.29) is 17.0 Å². The highest BCUT2D eigenvalue weighted by Gasteiger charge is 2.16. The van der Waals surface area contributed by atoms with Gasteiger partial charge in [-0.2, -0.15) is 0 Å². The Hall–Kier alpha value is -1.48. The Balaban J connectivity index is 0.000000853. The first-order valence-electron chi connectivity index (χ1n) is 4.47. The van der Waals surface area contributed by atoms with Crippen LogP contribution < -0.4 is 9.47 Å². The summed E-state index contributed by atoms with van der Waals surface area (Å²) in [5.74, 6) is 3.08. The van der Waals surface area contributed by atoms with Gasteiger partial charge in [-0.15, -0.1) is 17.0 Å². The van der Waals surface area contributed by atoms with Crippen LogP contribution in [0.5, 0.6) is 23.0 Å². The molecular weight excluding hydrogens is 256 g/mol. The lowest BCUT2D eigenvalue weighted by atomic mass is 10.2. The Labute approximate surface area is 98.2 Å². The van der Waals surface area contributed by atoms with E-state index in [4.69, 9.17) is 9.47 Å². The van der Waals surface area contributed by atoms with E-state index in [1.807, 2.05) is 48.5 Å². The molecule has 1 heterocycles. The fraction of sp³-hybridized carbons (Fsp3) is 0. The third-order valence-corrected chi connectivity index (χ3v) is 2.14. The van der Waals surface area contributed by atoms with Gasteiger partial charge in [-0.25, -0.2) is 0 Å². The third-order valence-electron chi connectivity index (χ3n) is 2.14. The van der Waals surface area contributed by atoms with Gasteiger partial charge in [0.15, 0.2) is 23.0 Å². The SMILES string of the molecule is Br.c1ccc2c(c1)Oc1ccccc1O2. The van der Waals surface area contributed by atoms with Crippen LogP contribution in [0.3, 0.4) is 0 Å². The predicted octanol–water partition coefficient (Wildman–Crippen LogP) is 4.16. The number of rotatable bonds is 0. The molecule has 0 N–H and O–H groups in total. The van der Waals surface area contributed by atoms with E-state index in [0.29, 0.717) is 0 Å². The zero-order chi connectivity index (χ0) is 9.38. The maximum absolute atomic E-state index is 5.65. The van der Waals surface area contributed by atoms with Crippen LogP contribution in [0.4, 0.5) is 0 Å². The van der Waals surface area contributed by atoms with Crippen molar-refractivity contribution in [1.29, 1.82) is 0 Å². The van der Waals surface area contributed by atoms with Crippen LogP contribution in [-0.2, 0) is 0 Å². The largest absolute Gasteiger partial charge is 0.450 e. The summed E-state index contributed by atoms with van der Waals surface area (Å²) in [5, 5.41) is 0. The fourth-order valence-electron chi connectivity index (χ4n) is 1.47. The molecule has 0 bridgehead atoms. The Morgan fingerprint density at radius 2 is 0.800 bits per heavy atom. The Bertz CT molecular complexity index is 395. The minimum Gasteiger partial charge on any atom is -0.450 e. The summed E-state index contributed by atoms with van der Waals surface area (Å²) in [4.78, 5) is 0. The van der Waals surface area contributed by atoms with Crippen LogP contribution in [-0.4, -0.2) is 0 Å². The quantitative estimate of drug-likeness (QED) is 0.607. The van der Waals surface area contributed by atoms with Crippen LogP contribution in [0.1, 0.15) is 0 Å². The highest BCUT2D eigenvalue weighted by molar-refractivity contribution is 8.93. The average Bonchev–Trinajstić information content (AvgIpc) is 2.26. The van der Waals surface area contributed by atoms with Gasteiger partial charge in [0, 0.05) is 0 Å². The van der Waals surface area contributed by atoms with Crippen LogP contribution in [0.2, 0.25) is 0 Å². The monoisotopic (exact) mass is 264 g/mol. The predicted molar refractivity (Wildman–Crippen MR) is 63.4 cm³/mol. The molecule has 0 amide bonds. The zero-order valence-corrected chi connectivity index (χ0v) is 9.56. The molecule has 0 aromatic heterocycles. The van der Waals surface area contributed by atoms with E-state index in [9.17, 15) is 0 Å². The number of hydrogen-bond donors (Lipinski definition) is 0. The molecule has 0 radical (unpaired) electrons. The average molecular weight is 265 g/mol. The summed E-state index contributed by atoms with van der Waals surface area (Å²) in [6, 6.07) is 15.3. The smallest absolute Gasteiger partial charge is 0.170 e. The van der Waals surface area contributed by atoms with Crippen molar-refractivity contribution in [1.82, 2.24) is 0 Å². The normalized spacial score (nSPS) is 11.2. The summed E-state index contributed by atoms with van der Waals surface area (Å²) in [5.41, 5.74) is 0. The molecule has 0 atom stereocenters. The van der Waals surface area contributed by atoms with Crippen molar-refractivity contribution in [2.24, 2.45) is 0 Å². The summed E-state index contributed by atoms with van der Waals surface area (Å²) in [7, 11) is 0. The van der Waals surface area contributed by atoms with Gasteiger partial charge < -0.3 is 9.47 Å². The van der Waals surface area contributed by atoms with E-state index >= 15 is 0 Å². The van der Waals surface area contributed by atoms with Crippen molar-refractivity contribution in [3.63, 3.8) is 0 Å². The molecule has 2 aromatic rings. The summed E-state index contributed by atoms with van der Waals surface area (Å²) >= 11 is 0. The molecule has 15 heavy (non-hydrogen) atoms. The van der Waals surface area contributed by atoms with Gasteiger partial charge in [-0.1, -0.05) is 24.3 Å². The third kappa shape index (κ3) is 1.70. The van der Waals surface area contributed by atoms with Crippen molar-refractivity contribution >= 4 is 17.0 Å². The topological polar surface area (TPSA) is 18.5 Å². The molecule has 2 aromatic carbocycles. The van der Waals surface area contributed by atoms with Crippen molar-refractivity contribution in [3.8, 4) is 23.0 Å². The summed E-state index contributed by atoms with van der Waals surface area (Å²) in [6.45, 7) is 0. The molecular formula is C12H9BrO2. The van der Waals surface area contributed by atoms with Gasteiger partial charge in [0.05, 0.1) is 0 Å². The van der Waals surface area contributed by atoms with Crippen LogP contribution in [0.15, 0.2) is 48.5 Å². The maximum atomic E-state index is 5.65. The molecule has 0 unspecified atom stereocenters. The molecule has 0 spiro atoms. The Morgan fingerprint density at radius 1 is 0.533 bits per heavy atom. The number of fused-ring (bicyclic) bond motifs is 2. The number of halogens is 1. The molecule has 1 aliphatic heterocycles. The highest BCUT2D eigenvalue weighted by atomic mass is 79.9. The van der Waals surface area contributed by atoms with Crippen molar-refractivity contribution < 1.29 is 9.47 Å². The van der Waals surface area contributed by atoms with Crippen molar-refractivity contribution in [3.05, 3.63) is 48.5 Å². The fourth-order valence-corrected chi connectivity index (χ4v) is 1.47. The second kappa shape index (κ2) is 3.95. The maximum Gasteiger partial charge on any atom is 0.170 e.